The summed E-state index contributed by atoms with van der Waals surface area (Å²) in [5, 5.41) is 0.459. The third-order valence-electron chi connectivity index (χ3n) is 4.13. The maximum absolute atomic E-state index is 12.4. The van der Waals surface area contributed by atoms with E-state index < -0.39 is 31.7 Å². The topological polar surface area (TPSA) is 143 Å². The van der Waals surface area contributed by atoms with E-state index in [0.29, 0.717) is 11.8 Å². The van der Waals surface area contributed by atoms with Gasteiger partial charge in [-0.2, -0.15) is 4.98 Å². The molecule has 27 heavy (non-hydrogen) atoms. The summed E-state index contributed by atoms with van der Waals surface area (Å²) in [4.78, 5) is 32.8. The van der Waals surface area contributed by atoms with E-state index in [1.165, 1.54) is 23.9 Å². The Morgan fingerprint density at radius 3 is 2.93 bits per heavy atom. The number of anilines is 1. The molecule has 3 heterocycles. The highest BCUT2D eigenvalue weighted by atomic mass is 31.2. The Balaban J connectivity index is 1.91. The summed E-state index contributed by atoms with van der Waals surface area (Å²) in [5.74, 6) is 0.00363. The SMILES string of the molecule is [C-]#[N+]c1cc2cn([C@H]3C[C@H](OC)[C@@H](COP(C)(=O)O)O3)c(=O)nc2nc1N. The van der Waals surface area contributed by atoms with E-state index in [1.54, 1.807) is 0 Å². The average Bonchev–Trinajstić information content (AvgIpc) is 3.01. The van der Waals surface area contributed by atoms with E-state index in [0.717, 1.165) is 6.66 Å². The maximum atomic E-state index is 12.4. The van der Waals surface area contributed by atoms with Crippen molar-refractivity contribution in [3.8, 4) is 0 Å². The van der Waals surface area contributed by atoms with Crippen LogP contribution in [0.4, 0.5) is 11.5 Å². The molecule has 2 aromatic heterocycles. The first-order chi connectivity index (χ1) is 12.7. The number of ether oxygens (including phenoxy) is 2. The Kier molecular flexibility index (Phi) is 5.28. The highest BCUT2D eigenvalue weighted by Crippen LogP contribution is 2.39. The first-order valence-electron chi connectivity index (χ1n) is 7.91. The van der Waals surface area contributed by atoms with Gasteiger partial charge >= 0.3 is 13.3 Å². The van der Waals surface area contributed by atoms with Gasteiger partial charge in [0.25, 0.3) is 0 Å². The van der Waals surface area contributed by atoms with Crippen molar-refractivity contribution in [1.82, 2.24) is 14.5 Å². The number of methoxy groups -OCH3 is 1. The number of rotatable bonds is 5. The van der Waals surface area contributed by atoms with Crippen molar-refractivity contribution in [2.45, 2.75) is 24.9 Å². The molecule has 3 N–H and O–H groups in total. The van der Waals surface area contributed by atoms with Crippen LogP contribution >= 0.6 is 7.60 Å². The number of fused-ring (bicyclic) bond motifs is 1. The van der Waals surface area contributed by atoms with E-state index in [1.807, 2.05) is 0 Å². The van der Waals surface area contributed by atoms with Crippen LogP contribution in [0.2, 0.25) is 0 Å². The Morgan fingerprint density at radius 2 is 2.30 bits per heavy atom. The first-order valence-corrected chi connectivity index (χ1v) is 9.94. The fourth-order valence-corrected chi connectivity index (χ4v) is 3.26. The van der Waals surface area contributed by atoms with Crippen molar-refractivity contribution >= 4 is 30.1 Å². The van der Waals surface area contributed by atoms with Gasteiger partial charge in [-0.05, 0) is 6.07 Å². The second-order valence-corrected chi connectivity index (χ2v) is 7.95. The van der Waals surface area contributed by atoms with Crippen LogP contribution in [0.3, 0.4) is 0 Å². The van der Waals surface area contributed by atoms with Crippen LogP contribution in [0, 0.1) is 6.57 Å². The molecular weight excluding hydrogens is 377 g/mol. The highest BCUT2D eigenvalue weighted by Gasteiger charge is 2.38. The molecule has 0 amide bonds. The number of pyridine rings is 1. The zero-order chi connectivity index (χ0) is 19.8. The zero-order valence-electron chi connectivity index (χ0n) is 14.6. The molecule has 1 aliphatic rings. The van der Waals surface area contributed by atoms with Crippen LogP contribution < -0.4 is 11.4 Å². The van der Waals surface area contributed by atoms with Crippen molar-refractivity contribution < 1.29 is 23.5 Å². The summed E-state index contributed by atoms with van der Waals surface area (Å²) in [7, 11) is -2.19. The van der Waals surface area contributed by atoms with Gasteiger partial charge in [-0.25, -0.2) is 14.6 Å². The molecule has 4 atom stereocenters. The summed E-state index contributed by atoms with van der Waals surface area (Å²) in [6.45, 7) is 8.03. The van der Waals surface area contributed by atoms with Crippen LogP contribution in [0.5, 0.6) is 0 Å². The minimum atomic E-state index is -3.67. The lowest BCUT2D eigenvalue weighted by atomic mass is 10.2. The molecule has 1 unspecified atom stereocenters. The molecule has 0 bridgehead atoms. The van der Waals surface area contributed by atoms with Gasteiger partial charge in [-0.15, -0.1) is 0 Å². The van der Waals surface area contributed by atoms with E-state index in [-0.39, 0.29) is 23.8 Å². The maximum Gasteiger partial charge on any atom is 0.351 e. The largest absolute Gasteiger partial charge is 0.392 e. The fraction of sp³-hybridized carbons (Fsp3) is 0.467. The van der Waals surface area contributed by atoms with E-state index in [9.17, 15) is 14.3 Å². The summed E-state index contributed by atoms with van der Waals surface area (Å²) < 4.78 is 28.7. The minimum Gasteiger partial charge on any atom is -0.392 e. The standard InChI is InChI=1S/C15H18N5O6P/c1-17-9-4-8-6-20(15(21)19-14(8)18-13(9)16)12-5-10(24-2)11(26-12)7-25-27(3,22)23/h4,6,10-12H,5,7H2,2-3H3,(H,22,23)(H2,16,18,19,21)/t10-,11+,12+/m0/s1. The van der Waals surface area contributed by atoms with Crippen LogP contribution in [-0.2, 0) is 18.6 Å². The molecule has 0 aromatic carbocycles. The van der Waals surface area contributed by atoms with E-state index in [2.05, 4.69) is 14.8 Å². The first kappa shape index (κ1) is 19.4. The third-order valence-corrected chi connectivity index (χ3v) is 4.76. The second-order valence-electron chi connectivity index (χ2n) is 6.09. The van der Waals surface area contributed by atoms with E-state index >= 15 is 0 Å². The predicted molar refractivity (Wildman–Crippen MR) is 95.5 cm³/mol. The van der Waals surface area contributed by atoms with Gasteiger partial charge in [0.15, 0.2) is 5.65 Å². The second kappa shape index (κ2) is 7.34. The van der Waals surface area contributed by atoms with Crippen LogP contribution in [0.15, 0.2) is 17.1 Å². The van der Waals surface area contributed by atoms with Crippen molar-refractivity contribution in [3.63, 3.8) is 0 Å². The Bertz CT molecular complexity index is 1010. The summed E-state index contributed by atoms with van der Waals surface area (Å²) in [6, 6.07) is 1.50. The van der Waals surface area contributed by atoms with Crippen molar-refractivity contribution in [1.29, 1.82) is 0 Å². The number of hydrogen-bond donors (Lipinski definition) is 2. The molecule has 1 fully saturated rings. The zero-order valence-corrected chi connectivity index (χ0v) is 15.5. The molecule has 12 heteroatoms. The number of nitrogen functional groups attached to an aromatic ring is 1. The summed E-state index contributed by atoms with van der Waals surface area (Å²) >= 11 is 0. The number of nitrogens with two attached hydrogens (primary N) is 1. The minimum absolute atomic E-state index is 0.00363. The Labute approximate surface area is 154 Å². The monoisotopic (exact) mass is 395 g/mol. The molecular formula is C15H18N5O6P. The molecule has 0 spiro atoms. The average molecular weight is 395 g/mol. The Morgan fingerprint density at radius 1 is 1.56 bits per heavy atom. The lowest BCUT2D eigenvalue weighted by Gasteiger charge is -2.18. The highest BCUT2D eigenvalue weighted by molar-refractivity contribution is 7.51. The van der Waals surface area contributed by atoms with Gasteiger partial charge in [0.05, 0.1) is 19.3 Å². The number of aromatic nitrogens is 3. The molecule has 0 saturated carbocycles. The van der Waals surface area contributed by atoms with Gasteiger partial charge in [0.2, 0.25) is 5.69 Å². The lowest BCUT2D eigenvalue weighted by molar-refractivity contribution is -0.0497. The molecule has 0 radical (unpaired) electrons. The van der Waals surface area contributed by atoms with Crippen LogP contribution in [0.25, 0.3) is 15.9 Å². The Hall–Kier alpha value is -2.35. The van der Waals surface area contributed by atoms with Crippen LogP contribution in [0.1, 0.15) is 12.6 Å². The molecule has 144 valence electrons. The van der Waals surface area contributed by atoms with Gasteiger partial charge in [0, 0.05) is 31.8 Å². The molecule has 11 nitrogen and oxygen atoms in total. The molecule has 0 aliphatic carbocycles. The molecule has 1 saturated heterocycles. The van der Waals surface area contributed by atoms with Gasteiger partial charge < -0.3 is 24.6 Å². The van der Waals surface area contributed by atoms with Crippen LogP contribution in [-0.4, -0.2) is 52.0 Å². The molecule has 1 aliphatic heterocycles. The van der Waals surface area contributed by atoms with Crippen molar-refractivity contribution in [3.05, 3.63) is 34.2 Å². The fourth-order valence-electron chi connectivity index (χ4n) is 2.84. The number of hydrogen-bond acceptors (Lipinski definition) is 8. The number of nitrogens with zero attached hydrogens (tertiary/aromatic N) is 4. The van der Waals surface area contributed by atoms with Crippen molar-refractivity contribution in [2.75, 3.05) is 26.1 Å². The van der Waals surface area contributed by atoms with E-state index in [4.69, 9.17) is 26.3 Å². The smallest absolute Gasteiger partial charge is 0.351 e. The van der Waals surface area contributed by atoms with Crippen molar-refractivity contribution in [2.24, 2.45) is 0 Å². The van der Waals surface area contributed by atoms with Gasteiger partial charge in [-0.1, -0.05) is 0 Å². The predicted octanol–water partition coefficient (Wildman–Crippen LogP) is 1.06. The van der Waals surface area contributed by atoms with Gasteiger partial charge in [-0.3, -0.25) is 9.13 Å². The normalized spacial score (nSPS) is 24.6. The quantitative estimate of drug-likeness (QED) is 0.561. The molecule has 2 aromatic rings. The molecule has 3 rings (SSSR count). The summed E-state index contributed by atoms with van der Waals surface area (Å²) in [5.41, 5.74) is 5.35. The third kappa shape index (κ3) is 4.16. The summed E-state index contributed by atoms with van der Waals surface area (Å²) in [6.07, 6.45) is 0.0221. The lowest BCUT2D eigenvalue weighted by Crippen LogP contribution is -2.28. The van der Waals surface area contributed by atoms with Gasteiger partial charge in [0.1, 0.15) is 18.1 Å².